The Morgan fingerprint density at radius 3 is 2.50 bits per heavy atom. The normalized spacial score (nSPS) is 11.4. The van der Waals surface area contributed by atoms with Gasteiger partial charge in [0.25, 0.3) is 5.91 Å². The predicted octanol–water partition coefficient (Wildman–Crippen LogP) is 1.88. The lowest BCUT2D eigenvalue weighted by Gasteiger charge is -2.26. The van der Waals surface area contributed by atoms with Crippen molar-refractivity contribution in [1.29, 1.82) is 0 Å². The smallest absolute Gasteiger partial charge is 0.274 e. The largest absolute Gasteiger partial charge is 0.384 e. The zero-order chi connectivity index (χ0) is 21.7. The van der Waals surface area contributed by atoms with Crippen molar-refractivity contribution in [3.63, 3.8) is 0 Å². The standard InChI is InChI=1S/C21H27N7O2/c1-5-27(15-14-26(4)18-10-6-9-17(25-18)21(2,3)30)20(29)19-16(8-7-11-22-19)28-23-12-13-24-28/h6-13,30H,5,14-15H2,1-4H3. The second-order valence-corrected chi connectivity index (χ2v) is 7.44. The number of carbonyl (C=O) groups is 1. The van der Waals surface area contributed by atoms with Crippen molar-refractivity contribution in [1.82, 2.24) is 29.9 Å². The van der Waals surface area contributed by atoms with E-state index >= 15 is 0 Å². The molecule has 0 spiro atoms. The molecule has 0 unspecified atom stereocenters. The summed E-state index contributed by atoms with van der Waals surface area (Å²) in [6.45, 7) is 6.93. The first-order valence-electron chi connectivity index (χ1n) is 9.83. The van der Waals surface area contributed by atoms with E-state index in [1.165, 1.54) is 4.80 Å². The van der Waals surface area contributed by atoms with Gasteiger partial charge in [0, 0.05) is 32.9 Å². The van der Waals surface area contributed by atoms with Gasteiger partial charge in [-0.25, -0.2) is 9.97 Å². The summed E-state index contributed by atoms with van der Waals surface area (Å²) in [5.74, 6) is 0.550. The fourth-order valence-electron chi connectivity index (χ4n) is 2.98. The first-order chi connectivity index (χ1) is 14.3. The lowest BCUT2D eigenvalue weighted by Crippen LogP contribution is -2.38. The van der Waals surface area contributed by atoms with E-state index in [0.29, 0.717) is 36.7 Å². The molecule has 30 heavy (non-hydrogen) atoms. The molecule has 0 aliphatic carbocycles. The Morgan fingerprint density at radius 2 is 1.83 bits per heavy atom. The second-order valence-electron chi connectivity index (χ2n) is 7.44. The van der Waals surface area contributed by atoms with Gasteiger partial charge in [-0.3, -0.25) is 4.79 Å². The highest BCUT2D eigenvalue weighted by atomic mass is 16.3. The zero-order valence-electron chi connectivity index (χ0n) is 17.7. The van der Waals surface area contributed by atoms with Crippen LogP contribution in [0.3, 0.4) is 0 Å². The van der Waals surface area contributed by atoms with E-state index < -0.39 is 5.60 Å². The molecule has 3 heterocycles. The minimum absolute atomic E-state index is 0.183. The van der Waals surface area contributed by atoms with Crippen LogP contribution in [-0.2, 0) is 5.60 Å². The molecule has 0 atom stereocenters. The van der Waals surface area contributed by atoms with Crippen molar-refractivity contribution in [2.75, 3.05) is 31.6 Å². The number of pyridine rings is 2. The van der Waals surface area contributed by atoms with Crippen LogP contribution < -0.4 is 4.90 Å². The van der Waals surface area contributed by atoms with Gasteiger partial charge in [0.15, 0.2) is 5.69 Å². The molecule has 1 amide bonds. The maximum Gasteiger partial charge on any atom is 0.274 e. The van der Waals surface area contributed by atoms with E-state index in [2.05, 4.69) is 20.2 Å². The topological polar surface area (TPSA) is 100 Å². The summed E-state index contributed by atoms with van der Waals surface area (Å²) < 4.78 is 0. The van der Waals surface area contributed by atoms with E-state index in [1.54, 1.807) is 55.5 Å². The van der Waals surface area contributed by atoms with Crippen LogP contribution in [0.5, 0.6) is 0 Å². The zero-order valence-corrected chi connectivity index (χ0v) is 17.7. The number of hydrogen-bond donors (Lipinski definition) is 1. The van der Waals surface area contributed by atoms with Gasteiger partial charge < -0.3 is 14.9 Å². The Morgan fingerprint density at radius 1 is 1.10 bits per heavy atom. The molecule has 0 saturated heterocycles. The molecule has 0 saturated carbocycles. The van der Waals surface area contributed by atoms with Gasteiger partial charge in [0.1, 0.15) is 17.1 Å². The summed E-state index contributed by atoms with van der Waals surface area (Å²) in [7, 11) is 1.91. The van der Waals surface area contributed by atoms with Crippen LogP contribution >= 0.6 is 0 Å². The summed E-state index contributed by atoms with van der Waals surface area (Å²) in [6.07, 6.45) is 4.71. The monoisotopic (exact) mass is 409 g/mol. The highest BCUT2D eigenvalue weighted by molar-refractivity contribution is 5.95. The molecule has 9 nitrogen and oxygen atoms in total. The van der Waals surface area contributed by atoms with E-state index in [0.717, 1.165) is 5.82 Å². The average Bonchev–Trinajstić information content (AvgIpc) is 3.28. The minimum atomic E-state index is -1.02. The number of aromatic nitrogens is 5. The quantitative estimate of drug-likeness (QED) is 0.606. The van der Waals surface area contributed by atoms with E-state index in [9.17, 15) is 9.90 Å². The fraction of sp³-hybridized carbons (Fsp3) is 0.381. The Balaban J connectivity index is 1.73. The summed E-state index contributed by atoms with van der Waals surface area (Å²) >= 11 is 0. The third kappa shape index (κ3) is 4.80. The Kier molecular flexibility index (Phi) is 6.41. The number of nitrogens with zero attached hydrogens (tertiary/aromatic N) is 7. The molecular weight excluding hydrogens is 382 g/mol. The molecule has 0 aliphatic rings. The molecule has 9 heteroatoms. The molecule has 1 N–H and O–H groups in total. The Labute approximate surface area is 176 Å². The SMILES string of the molecule is CCN(CCN(C)c1cccc(C(C)(C)O)n1)C(=O)c1ncccc1-n1nccn1. The summed E-state index contributed by atoms with van der Waals surface area (Å²) in [5.41, 5.74) is 0.428. The van der Waals surface area contributed by atoms with Crippen LogP contribution in [0, 0.1) is 0 Å². The van der Waals surface area contributed by atoms with Gasteiger partial charge in [0.2, 0.25) is 0 Å². The predicted molar refractivity (Wildman–Crippen MR) is 113 cm³/mol. The first kappa shape index (κ1) is 21.4. The number of carbonyl (C=O) groups excluding carboxylic acids is 1. The van der Waals surface area contributed by atoms with Crippen LogP contribution in [0.25, 0.3) is 5.69 Å². The van der Waals surface area contributed by atoms with E-state index in [4.69, 9.17) is 0 Å². The van der Waals surface area contributed by atoms with Gasteiger partial charge in [-0.1, -0.05) is 6.07 Å². The summed E-state index contributed by atoms with van der Waals surface area (Å²) in [4.78, 5) is 27.1. The first-order valence-corrected chi connectivity index (χ1v) is 9.83. The molecule has 0 radical (unpaired) electrons. The summed E-state index contributed by atoms with van der Waals surface area (Å²) in [6, 6.07) is 9.07. The van der Waals surface area contributed by atoms with Crippen molar-refractivity contribution in [3.8, 4) is 5.69 Å². The van der Waals surface area contributed by atoms with Crippen LogP contribution in [0.1, 0.15) is 37.0 Å². The van der Waals surface area contributed by atoms with Crippen LogP contribution in [0.2, 0.25) is 0 Å². The molecule has 3 aromatic heterocycles. The molecule has 0 aliphatic heterocycles. The molecule has 158 valence electrons. The second kappa shape index (κ2) is 9.00. The number of anilines is 1. The van der Waals surface area contributed by atoms with Crippen LogP contribution in [-0.4, -0.2) is 67.6 Å². The van der Waals surface area contributed by atoms with Crippen molar-refractivity contribution in [3.05, 3.63) is 60.3 Å². The van der Waals surface area contributed by atoms with Gasteiger partial charge in [0.05, 0.1) is 18.1 Å². The van der Waals surface area contributed by atoms with Crippen LogP contribution in [0.15, 0.2) is 48.9 Å². The van der Waals surface area contributed by atoms with Crippen molar-refractivity contribution in [2.24, 2.45) is 0 Å². The highest BCUT2D eigenvalue weighted by Gasteiger charge is 2.22. The van der Waals surface area contributed by atoms with Crippen molar-refractivity contribution in [2.45, 2.75) is 26.4 Å². The average molecular weight is 409 g/mol. The third-order valence-electron chi connectivity index (χ3n) is 4.75. The fourth-order valence-corrected chi connectivity index (χ4v) is 2.98. The molecule has 0 bridgehead atoms. The van der Waals surface area contributed by atoms with Crippen molar-refractivity contribution >= 4 is 11.7 Å². The molecular formula is C21H27N7O2. The van der Waals surface area contributed by atoms with Gasteiger partial charge in [-0.15, -0.1) is 4.80 Å². The van der Waals surface area contributed by atoms with Crippen molar-refractivity contribution < 1.29 is 9.90 Å². The van der Waals surface area contributed by atoms with Gasteiger partial charge in [-0.05, 0) is 45.0 Å². The number of amides is 1. The molecule has 0 fully saturated rings. The maximum atomic E-state index is 13.2. The molecule has 3 aromatic rings. The number of likely N-dealkylation sites (N-methyl/N-ethyl adjacent to an activating group) is 2. The molecule has 0 aromatic carbocycles. The maximum absolute atomic E-state index is 13.2. The summed E-state index contributed by atoms with van der Waals surface area (Å²) in [5, 5.41) is 18.4. The number of hydrogen-bond acceptors (Lipinski definition) is 7. The number of rotatable bonds is 8. The molecule has 3 rings (SSSR count). The van der Waals surface area contributed by atoms with Gasteiger partial charge in [-0.2, -0.15) is 10.2 Å². The Hall–Kier alpha value is -3.33. The van der Waals surface area contributed by atoms with Crippen LogP contribution in [0.4, 0.5) is 5.82 Å². The third-order valence-corrected chi connectivity index (χ3v) is 4.75. The lowest BCUT2D eigenvalue weighted by atomic mass is 10.1. The number of aliphatic hydroxyl groups is 1. The lowest BCUT2D eigenvalue weighted by molar-refractivity contribution is 0.0739. The van der Waals surface area contributed by atoms with E-state index in [1.807, 2.05) is 31.0 Å². The van der Waals surface area contributed by atoms with Gasteiger partial charge >= 0.3 is 0 Å². The van der Waals surface area contributed by atoms with E-state index in [-0.39, 0.29) is 5.91 Å². The minimum Gasteiger partial charge on any atom is -0.384 e. The highest BCUT2D eigenvalue weighted by Crippen LogP contribution is 2.20. The Bertz CT molecular complexity index is 983.